The summed E-state index contributed by atoms with van der Waals surface area (Å²) in [7, 11) is 1.65. The Morgan fingerprint density at radius 1 is 1.06 bits per heavy atom. The number of nitrogens with zero attached hydrogens (tertiary/aromatic N) is 2. The number of rotatable bonds is 5. The van der Waals surface area contributed by atoms with Crippen molar-refractivity contribution in [3.63, 3.8) is 0 Å². The Morgan fingerprint density at radius 3 is 2.70 bits per heavy atom. The summed E-state index contributed by atoms with van der Waals surface area (Å²) < 4.78 is 11.9. The normalized spacial score (nSPS) is 17.8. The molecule has 1 aliphatic rings. The molecule has 1 N–H and O–H groups in total. The van der Waals surface area contributed by atoms with Crippen LogP contribution in [0.3, 0.4) is 0 Å². The van der Waals surface area contributed by atoms with E-state index in [4.69, 9.17) is 33.0 Å². The van der Waals surface area contributed by atoms with Crippen LogP contribution in [0, 0.1) is 6.92 Å². The smallest absolute Gasteiger partial charge is 0.174 e. The lowest BCUT2D eigenvalue weighted by atomic mass is 10.0. The van der Waals surface area contributed by atoms with E-state index in [2.05, 4.69) is 15.2 Å². The number of aromatic nitrogens is 1. The molecular weight excluding hydrogens is 454 g/mol. The average Bonchev–Trinajstić information content (AvgIpc) is 3.46. The predicted molar refractivity (Wildman–Crippen MR) is 135 cm³/mol. The van der Waals surface area contributed by atoms with Gasteiger partial charge in [0.2, 0.25) is 0 Å². The number of methoxy groups -OCH3 is 1. The van der Waals surface area contributed by atoms with Crippen molar-refractivity contribution < 1.29 is 9.15 Å². The Bertz CT molecular complexity index is 1310. The lowest BCUT2D eigenvalue weighted by Crippen LogP contribution is -2.29. The van der Waals surface area contributed by atoms with Crippen molar-refractivity contribution in [2.45, 2.75) is 19.0 Å². The van der Waals surface area contributed by atoms with Crippen LogP contribution in [0.5, 0.6) is 5.75 Å². The van der Waals surface area contributed by atoms with Crippen LogP contribution in [0.2, 0.25) is 5.02 Å². The fourth-order valence-corrected chi connectivity index (χ4v) is 4.73. The highest BCUT2D eigenvalue weighted by Crippen LogP contribution is 2.43. The summed E-state index contributed by atoms with van der Waals surface area (Å²) in [6, 6.07) is 23.1. The van der Waals surface area contributed by atoms with E-state index in [0.717, 1.165) is 39.8 Å². The van der Waals surface area contributed by atoms with Crippen molar-refractivity contribution in [2.24, 2.45) is 0 Å². The minimum Gasteiger partial charge on any atom is -0.497 e. The Kier molecular flexibility index (Phi) is 5.79. The minimum atomic E-state index is -0.243. The molecule has 1 saturated heterocycles. The number of thiocarbonyl (C=S) groups is 1. The van der Waals surface area contributed by atoms with Gasteiger partial charge in [0.15, 0.2) is 5.11 Å². The van der Waals surface area contributed by atoms with Crippen LogP contribution in [0.25, 0.3) is 11.3 Å². The highest BCUT2D eigenvalue weighted by atomic mass is 35.5. The molecule has 33 heavy (non-hydrogen) atoms. The second-order valence-corrected chi connectivity index (χ2v) is 8.61. The van der Waals surface area contributed by atoms with Gasteiger partial charge in [0, 0.05) is 28.5 Å². The monoisotopic (exact) mass is 475 g/mol. The third-order valence-corrected chi connectivity index (χ3v) is 6.61. The van der Waals surface area contributed by atoms with Crippen LogP contribution < -0.4 is 15.0 Å². The standard InChI is InChI=1S/C26H22ClN3O2S/c1-16-19(9-6-10-20(16)27)22-12-13-23(32-22)25-24(21-11-3-4-14-28-21)29-26(33)30(25)17-7-5-8-18(15-17)31-2/h3-15,24-25H,1-2H3,(H,29,33)/t24-,25-/m1/s1. The van der Waals surface area contributed by atoms with Gasteiger partial charge in [-0.2, -0.15) is 0 Å². The Labute approximate surface area is 203 Å². The van der Waals surface area contributed by atoms with Crippen LogP contribution in [0.4, 0.5) is 5.69 Å². The largest absolute Gasteiger partial charge is 0.497 e. The number of hydrogen-bond donors (Lipinski definition) is 1. The Balaban J connectivity index is 1.62. The van der Waals surface area contributed by atoms with Gasteiger partial charge in [0.1, 0.15) is 23.3 Å². The zero-order chi connectivity index (χ0) is 22.9. The second-order valence-electron chi connectivity index (χ2n) is 7.81. The molecule has 0 unspecified atom stereocenters. The van der Waals surface area contributed by atoms with Crippen LogP contribution in [0.1, 0.15) is 29.1 Å². The first-order valence-electron chi connectivity index (χ1n) is 10.6. The molecule has 0 saturated carbocycles. The fourth-order valence-electron chi connectivity index (χ4n) is 4.21. The Morgan fingerprint density at radius 2 is 1.91 bits per heavy atom. The number of nitrogens with one attached hydrogen (secondary N) is 1. The van der Waals surface area contributed by atoms with Gasteiger partial charge < -0.3 is 19.4 Å². The van der Waals surface area contributed by atoms with Gasteiger partial charge in [-0.3, -0.25) is 4.98 Å². The van der Waals surface area contributed by atoms with Crippen LogP contribution >= 0.6 is 23.8 Å². The highest BCUT2D eigenvalue weighted by molar-refractivity contribution is 7.80. The summed E-state index contributed by atoms with van der Waals surface area (Å²) in [4.78, 5) is 6.65. The molecule has 0 bridgehead atoms. The first-order valence-corrected chi connectivity index (χ1v) is 11.4. The van der Waals surface area contributed by atoms with Crippen molar-refractivity contribution >= 4 is 34.6 Å². The summed E-state index contributed by atoms with van der Waals surface area (Å²) >= 11 is 12.1. The molecule has 3 heterocycles. The quantitative estimate of drug-likeness (QED) is 0.333. The van der Waals surface area contributed by atoms with Gasteiger partial charge in [-0.15, -0.1) is 0 Å². The zero-order valence-corrected chi connectivity index (χ0v) is 19.7. The number of pyridine rings is 1. The molecule has 2 aromatic heterocycles. The van der Waals surface area contributed by atoms with Gasteiger partial charge in [-0.05, 0) is 67.2 Å². The van der Waals surface area contributed by atoms with Crippen molar-refractivity contribution in [1.82, 2.24) is 10.3 Å². The lowest BCUT2D eigenvalue weighted by molar-refractivity contribution is 0.414. The third kappa shape index (κ3) is 3.96. The minimum absolute atomic E-state index is 0.190. The zero-order valence-electron chi connectivity index (χ0n) is 18.2. The van der Waals surface area contributed by atoms with E-state index in [1.807, 2.05) is 79.7 Å². The maximum Gasteiger partial charge on any atom is 0.174 e. The first-order chi connectivity index (χ1) is 16.1. The van der Waals surface area contributed by atoms with Gasteiger partial charge in [-0.25, -0.2) is 0 Å². The van der Waals surface area contributed by atoms with Crippen molar-refractivity contribution in [1.29, 1.82) is 0 Å². The molecule has 2 aromatic carbocycles. The molecule has 1 fully saturated rings. The van der Waals surface area contributed by atoms with E-state index >= 15 is 0 Å². The van der Waals surface area contributed by atoms with E-state index in [9.17, 15) is 0 Å². The number of furan rings is 1. The first kappa shape index (κ1) is 21.5. The van der Waals surface area contributed by atoms with E-state index in [-0.39, 0.29) is 12.1 Å². The topological polar surface area (TPSA) is 50.5 Å². The molecule has 166 valence electrons. The molecule has 4 aromatic rings. The molecule has 0 amide bonds. The number of halogens is 1. The van der Waals surface area contributed by atoms with Gasteiger partial charge in [0.25, 0.3) is 0 Å². The van der Waals surface area contributed by atoms with E-state index in [0.29, 0.717) is 10.1 Å². The summed E-state index contributed by atoms with van der Waals surface area (Å²) in [5.41, 5.74) is 3.73. The number of anilines is 1. The molecule has 0 aliphatic carbocycles. The SMILES string of the molecule is COc1cccc(N2C(=S)N[C@H](c3ccccn3)[C@H]2c2ccc(-c3cccc(Cl)c3C)o2)c1. The fraction of sp³-hybridized carbons (Fsp3) is 0.154. The van der Waals surface area contributed by atoms with Crippen molar-refractivity contribution in [2.75, 3.05) is 12.0 Å². The van der Waals surface area contributed by atoms with Gasteiger partial charge >= 0.3 is 0 Å². The molecule has 0 spiro atoms. The van der Waals surface area contributed by atoms with Crippen LogP contribution in [-0.4, -0.2) is 17.2 Å². The predicted octanol–water partition coefficient (Wildman–Crippen LogP) is 6.49. The van der Waals surface area contributed by atoms with Crippen LogP contribution in [-0.2, 0) is 0 Å². The summed E-state index contributed by atoms with van der Waals surface area (Å²) in [6.07, 6.45) is 1.79. The molecular formula is C26H22ClN3O2S. The number of hydrogen-bond acceptors (Lipinski definition) is 4. The summed E-state index contributed by atoms with van der Waals surface area (Å²) in [5.74, 6) is 2.29. The van der Waals surface area contributed by atoms with Crippen molar-refractivity contribution in [3.05, 3.63) is 101 Å². The van der Waals surface area contributed by atoms with Crippen molar-refractivity contribution in [3.8, 4) is 17.1 Å². The maximum atomic E-state index is 6.44. The van der Waals surface area contributed by atoms with E-state index in [1.54, 1.807) is 13.3 Å². The lowest BCUT2D eigenvalue weighted by Gasteiger charge is -2.26. The molecule has 5 rings (SSSR count). The summed E-state index contributed by atoms with van der Waals surface area (Å²) in [5, 5.41) is 4.75. The number of ether oxygens (including phenoxy) is 1. The molecule has 2 atom stereocenters. The summed E-state index contributed by atoms with van der Waals surface area (Å²) in [6.45, 7) is 1.99. The van der Waals surface area contributed by atoms with E-state index in [1.165, 1.54) is 0 Å². The molecule has 1 aliphatic heterocycles. The third-order valence-electron chi connectivity index (χ3n) is 5.88. The molecule has 7 heteroatoms. The Hall–Kier alpha value is -3.35. The average molecular weight is 476 g/mol. The van der Waals surface area contributed by atoms with Gasteiger partial charge in [0.05, 0.1) is 18.8 Å². The number of benzene rings is 2. The van der Waals surface area contributed by atoms with Gasteiger partial charge in [-0.1, -0.05) is 35.9 Å². The molecule has 5 nitrogen and oxygen atoms in total. The maximum absolute atomic E-state index is 6.44. The van der Waals surface area contributed by atoms with E-state index < -0.39 is 0 Å². The second kappa shape index (κ2) is 8.89. The van der Waals surface area contributed by atoms with Crippen LogP contribution in [0.15, 0.2) is 83.4 Å². The highest BCUT2D eigenvalue weighted by Gasteiger charge is 2.42. The molecule has 0 radical (unpaired) electrons.